The molecule has 12 aromatic rings. The van der Waals surface area contributed by atoms with Crippen molar-refractivity contribution in [2.24, 2.45) is 0 Å². The third-order valence-corrected chi connectivity index (χ3v) is 13.8. The van der Waals surface area contributed by atoms with E-state index in [1.54, 1.807) is 0 Å². The summed E-state index contributed by atoms with van der Waals surface area (Å²) in [5.74, 6) is 0. The Morgan fingerprint density at radius 2 is 0.769 bits per heavy atom. The molecule has 0 atom stereocenters. The Morgan fingerprint density at radius 1 is 0.323 bits per heavy atom. The zero-order valence-electron chi connectivity index (χ0n) is 35.6. The van der Waals surface area contributed by atoms with Crippen LogP contribution in [0.5, 0.6) is 0 Å². The average molecular weight is 827 g/mol. The average Bonchev–Trinajstić information content (AvgIpc) is 3.88. The molecule has 304 valence electrons. The van der Waals surface area contributed by atoms with E-state index in [1.807, 2.05) is 0 Å². The molecule has 1 aliphatic rings. The molecular weight excluding hydrogens is 785 g/mol. The Hall–Kier alpha value is -8.46. The van der Waals surface area contributed by atoms with E-state index in [4.69, 9.17) is 0 Å². The van der Waals surface area contributed by atoms with Crippen LogP contribution in [0.15, 0.2) is 255 Å². The minimum Gasteiger partial charge on any atom is -0.309 e. The lowest BCUT2D eigenvalue weighted by molar-refractivity contribution is 0.769. The van der Waals surface area contributed by atoms with Crippen LogP contribution in [-0.2, 0) is 5.41 Å². The molecule has 1 aromatic heterocycles. The van der Waals surface area contributed by atoms with Gasteiger partial charge in [-0.2, -0.15) is 0 Å². The Bertz CT molecular complexity index is 3610. The summed E-state index contributed by atoms with van der Waals surface area (Å²) in [5, 5.41) is 7.33. The van der Waals surface area contributed by atoms with Crippen molar-refractivity contribution in [3.05, 3.63) is 277 Å². The number of benzene rings is 11. The summed E-state index contributed by atoms with van der Waals surface area (Å²) in [6.45, 7) is 0. The molecule has 2 heteroatoms. The zero-order valence-corrected chi connectivity index (χ0v) is 35.6. The van der Waals surface area contributed by atoms with E-state index in [1.165, 1.54) is 87.9 Å². The van der Waals surface area contributed by atoms with Crippen LogP contribution in [0.25, 0.3) is 71.3 Å². The molecule has 0 N–H and O–H groups in total. The molecule has 0 aliphatic heterocycles. The second-order valence-electron chi connectivity index (χ2n) is 17.2. The lowest BCUT2D eigenvalue weighted by Gasteiger charge is -2.34. The van der Waals surface area contributed by atoms with Crippen LogP contribution in [-0.4, -0.2) is 4.57 Å². The number of hydrogen-bond acceptors (Lipinski definition) is 1. The molecule has 0 saturated heterocycles. The van der Waals surface area contributed by atoms with Crippen LogP contribution in [0.1, 0.15) is 22.3 Å². The molecule has 0 saturated carbocycles. The van der Waals surface area contributed by atoms with Crippen molar-refractivity contribution in [1.29, 1.82) is 0 Å². The van der Waals surface area contributed by atoms with E-state index in [0.29, 0.717) is 0 Å². The minimum absolute atomic E-state index is 0.495. The van der Waals surface area contributed by atoms with Crippen LogP contribution in [0, 0.1) is 0 Å². The van der Waals surface area contributed by atoms with Gasteiger partial charge in [-0.05, 0) is 110 Å². The number of rotatable bonds is 7. The molecule has 0 spiro atoms. The summed E-state index contributed by atoms with van der Waals surface area (Å²) in [6, 6.07) is 93.9. The van der Waals surface area contributed by atoms with Gasteiger partial charge in [0.05, 0.1) is 22.1 Å². The zero-order chi connectivity index (χ0) is 42.9. The van der Waals surface area contributed by atoms with Crippen LogP contribution < -0.4 is 4.90 Å². The number of nitrogens with zero attached hydrogens (tertiary/aromatic N) is 2. The van der Waals surface area contributed by atoms with Crippen LogP contribution >= 0.6 is 0 Å². The highest BCUT2D eigenvalue weighted by Crippen LogP contribution is 2.57. The molecule has 13 rings (SSSR count). The predicted molar refractivity (Wildman–Crippen MR) is 273 cm³/mol. The maximum Gasteiger partial charge on any atom is 0.0713 e. The summed E-state index contributed by atoms with van der Waals surface area (Å²) >= 11 is 0. The smallest absolute Gasteiger partial charge is 0.0713 e. The molecule has 0 bridgehead atoms. The fourth-order valence-electron chi connectivity index (χ4n) is 11.2. The van der Waals surface area contributed by atoms with Crippen LogP contribution in [0.3, 0.4) is 0 Å². The summed E-state index contributed by atoms with van der Waals surface area (Å²) < 4.78 is 2.39. The number of para-hydroxylation sites is 3. The maximum absolute atomic E-state index is 2.51. The predicted octanol–water partition coefficient (Wildman–Crippen LogP) is 16.6. The lowest BCUT2D eigenvalue weighted by atomic mass is 9.67. The van der Waals surface area contributed by atoms with Crippen molar-refractivity contribution in [2.75, 3.05) is 4.90 Å². The van der Waals surface area contributed by atoms with Crippen molar-refractivity contribution in [3.63, 3.8) is 0 Å². The van der Waals surface area contributed by atoms with E-state index in [-0.39, 0.29) is 0 Å². The highest BCUT2D eigenvalue weighted by Gasteiger charge is 2.46. The largest absolute Gasteiger partial charge is 0.309 e. The second-order valence-corrected chi connectivity index (χ2v) is 17.2. The molecule has 1 aliphatic carbocycles. The second kappa shape index (κ2) is 14.8. The molecule has 0 radical (unpaired) electrons. The van der Waals surface area contributed by atoms with Gasteiger partial charge in [-0.15, -0.1) is 0 Å². The lowest BCUT2D eigenvalue weighted by Crippen LogP contribution is -2.28. The van der Waals surface area contributed by atoms with Gasteiger partial charge < -0.3 is 9.47 Å². The quantitative estimate of drug-likeness (QED) is 0.145. The fraction of sp³-hybridized carbons (Fsp3) is 0.0159. The Balaban J connectivity index is 1.04. The topological polar surface area (TPSA) is 8.17 Å². The SMILES string of the molecule is c1ccc(N(c2ccc(-n3c4ccccc4c4ccccc43)cc2)c2c3ccccc3c(-c3ccc4c(c3)C(c3ccccc3)(c3ccccc3)c3ccccc3-4)c3ccccc23)cc1. The summed E-state index contributed by atoms with van der Waals surface area (Å²) in [6.07, 6.45) is 0. The van der Waals surface area contributed by atoms with Crippen LogP contribution in [0.2, 0.25) is 0 Å². The molecule has 2 nitrogen and oxygen atoms in total. The van der Waals surface area contributed by atoms with Gasteiger partial charge >= 0.3 is 0 Å². The third-order valence-electron chi connectivity index (χ3n) is 13.8. The molecule has 11 aromatic carbocycles. The van der Waals surface area contributed by atoms with Gasteiger partial charge in [0.2, 0.25) is 0 Å². The summed E-state index contributed by atoms with van der Waals surface area (Å²) in [4.78, 5) is 2.46. The molecule has 0 fully saturated rings. The molecule has 1 heterocycles. The number of fused-ring (bicyclic) bond motifs is 8. The number of hydrogen-bond donors (Lipinski definition) is 0. The molecule has 0 unspecified atom stereocenters. The highest BCUT2D eigenvalue weighted by atomic mass is 15.1. The van der Waals surface area contributed by atoms with Gasteiger partial charge in [-0.25, -0.2) is 0 Å². The Kier molecular flexibility index (Phi) is 8.47. The first-order chi connectivity index (χ1) is 32.3. The Morgan fingerprint density at radius 3 is 1.35 bits per heavy atom. The van der Waals surface area contributed by atoms with E-state index in [0.717, 1.165) is 22.7 Å². The monoisotopic (exact) mass is 826 g/mol. The number of anilines is 3. The molecule has 65 heavy (non-hydrogen) atoms. The first-order valence-corrected chi connectivity index (χ1v) is 22.5. The summed E-state index contributed by atoms with van der Waals surface area (Å²) in [7, 11) is 0. The molecule has 0 amide bonds. The van der Waals surface area contributed by atoms with E-state index in [9.17, 15) is 0 Å². The van der Waals surface area contributed by atoms with Gasteiger partial charge in [-0.3, -0.25) is 0 Å². The van der Waals surface area contributed by atoms with Crippen molar-refractivity contribution < 1.29 is 0 Å². The minimum atomic E-state index is -0.495. The van der Waals surface area contributed by atoms with Crippen molar-refractivity contribution >= 4 is 60.4 Å². The highest BCUT2D eigenvalue weighted by molar-refractivity contribution is 6.22. The van der Waals surface area contributed by atoms with Gasteiger partial charge in [0, 0.05) is 38.6 Å². The van der Waals surface area contributed by atoms with Gasteiger partial charge in [0.25, 0.3) is 0 Å². The van der Waals surface area contributed by atoms with Gasteiger partial charge in [-0.1, -0.05) is 200 Å². The first-order valence-electron chi connectivity index (χ1n) is 22.5. The van der Waals surface area contributed by atoms with Crippen LogP contribution in [0.4, 0.5) is 17.1 Å². The van der Waals surface area contributed by atoms with Gasteiger partial charge in [0.1, 0.15) is 0 Å². The Labute approximate surface area is 378 Å². The maximum atomic E-state index is 2.51. The van der Waals surface area contributed by atoms with E-state index in [2.05, 4.69) is 264 Å². The number of aromatic nitrogens is 1. The first kappa shape index (κ1) is 37.1. The standard InChI is InChI=1S/C63H42N2/c1-4-20-44(21-5-1)63(45-22-6-2-7-23-45)57-33-17-14-26-49(57)50-41-36-43(42-58(50)63)61-53-29-10-12-31-55(53)62(56-32-13-11-30-54(56)61)64(46-24-8-3-9-25-46)47-37-39-48(40-38-47)65-59-34-18-15-27-51(59)52-28-16-19-35-60(52)65/h1-42H. The third kappa shape index (κ3) is 5.54. The van der Waals surface area contributed by atoms with E-state index < -0.39 is 5.41 Å². The van der Waals surface area contributed by atoms with Gasteiger partial charge in [0.15, 0.2) is 0 Å². The molecular formula is C63H42N2. The van der Waals surface area contributed by atoms with Crippen molar-refractivity contribution in [1.82, 2.24) is 4.57 Å². The normalized spacial score (nSPS) is 12.7. The fourth-order valence-corrected chi connectivity index (χ4v) is 11.2. The van der Waals surface area contributed by atoms with Crippen molar-refractivity contribution in [2.45, 2.75) is 5.41 Å². The summed E-state index contributed by atoms with van der Waals surface area (Å²) in [5.41, 5.74) is 16.6. The van der Waals surface area contributed by atoms with Crippen molar-refractivity contribution in [3.8, 4) is 27.9 Å². The van der Waals surface area contributed by atoms with E-state index >= 15 is 0 Å².